The molecule has 0 aliphatic rings. The van der Waals surface area contributed by atoms with Crippen LogP contribution in [0.3, 0.4) is 0 Å². The first-order valence-electron chi connectivity index (χ1n) is 8.17. The lowest BCUT2D eigenvalue weighted by atomic mass is 10.0. The van der Waals surface area contributed by atoms with Gasteiger partial charge in [0.15, 0.2) is 8.46 Å². The van der Waals surface area contributed by atoms with E-state index in [4.69, 9.17) is 0 Å². The summed E-state index contributed by atoms with van der Waals surface area (Å²) in [5.41, 5.74) is 0.442. The van der Waals surface area contributed by atoms with Gasteiger partial charge in [0, 0.05) is 5.66 Å². The minimum atomic E-state index is 0.388. The summed E-state index contributed by atoms with van der Waals surface area (Å²) in [6.45, 7) is 4.50. The van der Waals surface area contributed by atoms with Crippen molar-refractivity contribution in [3.05, 3.63) is 0 Å². The van der Waals surface area contributed by atoms with Crippen molar-refractivity contribution in [2.24, 2.45) is 0 Å². The number of hydrogen-bond donors (Lipinski definition) is 0. The van der Waals surface area contributed by atoms with Crippen LogP contribution in [-0.4, -0.2) is 5.66 Å². The summed E-state index contributed by atoms with van der Waals surface area (Å²) in [7, 11) is 0.388. The lowest BCUT2D eigenvalue weighted by molar-refractivity contribution is 0.528. The lowest BCUT2D eigenvalue weighted by Crippen LogP contribution is -1.99. The Labute approximate surface area is 116 Å². The Morgan fingerprint density at radius 2 is 1.06 bits per heavy atom. The second-order valence-electron chi connectivity index (χ2n) is 5.52. The van der Waals surface area contributed by atoms with Crippen molar-refractivity contribution in [1.82, 2.24) is 0 Å². The molecule has 0 saturated carbocycles. The lowest BCUT2D eigenvalue weighted by Gasteiger charge is -2.08. The van der Waals surface area contributed by atoms with Gasteiger partial charge in [-0.25, -0.2) is 0 Å². The Kier molecular flexibility index (Phi) is 15.2. The van der Waals surface area contributed by atoms with Crippen molar-refractivity contribution in [2.45, 2.75) is 103 Å². The van der Waals surface area contributed by atoms with Gasteiger partial charge in [-0.2, -0.15) is 0 Å². The standard InChI is InChI=1S/C16H33OP/c1-3-5-7-9-11-13-15-16(18-17)14-12-10-8-6-4-2/h16H,3-15H2,1-2H3. The molecule has 0 aliphatic heterocycles. The smallest absolute Gasteiger partial charge is 0.158 e. The summed E-state index contributed by atoms with van der Waals surface area (Å²) in [4.78, 5) is 0. The van der Waals surface area contributed by atoms with Gasteiger partial charge < -0.3 is 0 Å². The van der Waals surface area contributed by atoms with Crippen LogP contribution in [0.5, 0.6) is 0 Å². The summed E-state index contributed by atoms with van der Waals surface area (Å²) in [6.07, 6.45) is 17.0. The van der Waals surface area contributed by atoms with Gasteiger partial charge in [-0.1, -0.05) is 84.5 Å². The average molecular weight is 272 g/mol. The van der Waals surface area contributed by atoms with Crippen LogP contribution in [0, 0.1) is 0 Å². The van der Waals surface area contributed by atoms with Gasteiger partial charge in [0.05, 0.1) is 0 Å². The van der Waals surface area contributed by atoms with Gasteiger partial charge in [0.2, 0.25) is 0 Å². The molecule has 0 spiro atoms. The van der Waals surface area contributed by atoms with Crippen LogP contribution in [0.2, 0.25) is 0 Å². The van der Waals surface area contributed by atoms with Crippen molar-refractivity contribution in [3.63, 3.8) is 0 Å². The molecule has 0 heterocycles. The van der Waals surface area contributed by atoms with E-state index in [1.807, 2.05) is 0 Å². The summed E-state index contributed by atoms with van der Waals surface area (Å²) < 4.78 is 11.1. The maximum absolute atomic E-state index is 11.1. The molecule has 0 fully saturated rings. The van der Waals surface area contributed by atoms with E-state index in [0.29, 0.717) is 14.1 Å². The molecule has 0 rings (SSSR count). The first-order chi connectivity index (χ1) is 8.85. The monoisotopic (exact) mass is 272 g/mol. The van der Waals surface area contributed by atoms with Gasteiger partial charge in [0.25, 0.3) is 0 Å². The van der Waals surface area contributed by atoms with E-state index in [-0.39, 0.29) is 0 Å². The van der Waals surface area contributed by atoms with Crippen molar-refractivity contribution in [3.8, 4) is 0 Å². The van der Waals surface area contributed by atoms with Gasteiger partial charge in [-0.3, -0.25) is 4.57 Å². The summed E-state index contributed by atoms with van der Waals surface area (Å²) >= 11 is 0. The van der Waals surface area contributed by atoms with Gasteiger partial charge in [0.1, 0.15) is 0 Å². The molecule has 0 N–H and O–H groups in total. The molecule has 18 heavy (non-hydrogen) atoms. The minimum absolute atomic E-state index is 0.388. The molecule has 0 saturated heterocycles. The molecule has 0 radical (unpaired) electrons. The van der Waals surface area contributed by atoms with Crippen molar-refractivity contribution in [2.75, 3.05) is 0 Å². The maximum atomic E-state index is 11.1. The normalized spacial score (nSPS) is 13.0. The quantitative estimate of drug-likeness (QED) is 0.252. The van der Waals surface area contributed by atoms with Crippen LogP contribution in [0.1, 0.15) is 97.3 Å². The van der Waals surface area contributed by atoms with Crippen LogP contribution < -0.4 is 0 Å². The van der Waals surface area contributed by atoms with Crippen molar-refractivity contribution < 1.29 is 4.57 Å². The SMILES string of the molecule is CCCCCCCCC(CCCCCCC)P=O. The summed E-state index contributed by atoms with van der Waals surface area (Å²) in [5, 5.41) is 0. The molecule has 0 aliphatic carbocycles. The van der Waals surface area contributed by atoms with Crippen LogP contribution in [-0.2, 0) is 4.57 Å². The molecule has 0 aromatic rings. The summed E-state index contributed by atoms with van der Waals surface area (Å²) in [5.74, 6) is 0. The molecule has 1 unspecified atom stereocenters. The highest BCUT2D eigenvalue weighted by Gasteiger charge is 2.07. The van der Waals surface area contributed by atoms with E-state index in [1.54, 1.807) is 0 Å². The fraction of sp³-hybridized carbons (Fsp3) is 1.00. The van der Waals surface area contributed by atoms with Crippen LogP contribution in [0.4, 0.5) is 0 Å². The van der Waals surface area contributed by atoms with Crippen molar-refractivity contribution >= 4 is 8.46 Å². The topological polar surface area (TPSA) is 17.1 Å². The van der Waals surface area contributed by atoms with E-state index in [0.717, 1.165) is 0 Å². The highest BCUT2D eigenvalue weighted by molar-refractivity contribution is 7.24. The zero-order valence-electron chi connectivity index (χ0n) is 12.6. The third kappa shape index (κ3) is 12.6. The molecule has 1 nitrogen and oxygen atoms in total. The largest absolute Gasteiger partial charge is 0.275 e. The first kappa shape index (κ1) is 18.1. The Hall–Kier alpha value is 0.100. The number of unbranched alkanes of at least 4 members (excludes halogenated alkanes) is 9. The third-order valence-electron chi connectivity index (χ3n) is 3.68. The van der Waals surface area contributed by atoms with E-state index in [2.05, 4.69) is 13.8 Å². The second-order valence-corrected chi connectivity index (χ2v) is 6.46. The number of rotatable bonds is 14. The Morgan fingerprint density at radius 1 is 0.667 bits per heavy atom. The molecule has 2 heteroatoms. The maximum Gasteiger partial charge on any atom is 0.158 e. The van der Waals surface area contributed by atoms with E-state index < -0.39 is 0 Å². The first-order valence-corrected chi connectivity index (χ1v) is 9.05. The molecular formula is C16H33OP. The molecule has 1 atom stereocenters. The van der Waals surface area contributed by atoms with Gasteiger partial charge >= 0.3 is 0 Å². The zero-order chi connectivity index (χ0) is 13.5. The predicted molar refractivity (Wildman–Crippen MR) is 82.8 cm³/mol. The average Bonchev–Trinajstić information content (AvgIpc) is 2.40. The van der Waals surface area contributed by atoms with E-state index in [1.165, 1.54) is 83.5 Å². The van der Waals surface area contributed by atoms with Gasteiger partial charge in [-0.05, 0) is 12.8 Å². The second kappa shape index (κ2) is 15.2. The molecule has 0 bridgehead atoms. The van der Waals surface area contributed by atoms with Gasteiger partial charge in [-0.15, -0.1) is 0 Å². The Morgan fingerprint density at radius 3 is 1.44 bits per heavy atom. The Balaban J connectivity index is 3.32. The minimum Gasteiger partial charge on any atom is -0.275 e. The van der Waals surface area contributed by atoms with Crippen LogP contribution in [0.25, 0.3) is 0 Å². The highest BCUT2D eigenvalue weighted by atomic mass is 31.1. The van der Waals surface area contributed by atoms with Crippen molar-refractivity contribution in [1.29, 1.82) is 0 Å². The zero-order valence-corrected chi connectivity index (χ0v) is 13.5. The molecule has 0 amide bonds. The fourth-order valence-corrected chi connectivity index (χ4v) is 2.97. The fourth-order valence-electron chi connectivity index (χ4n) is 2.39. The molecule has 0 aromatic heterocycles. The molecule has 0 aromatic carbocycles. The molecule has 108 valence electrons. The third-order valence-corrected chi connectivity index (χ3v) is 4.50. The highest BCUT2D eigenvalue weighted by Crippen LogP contribution is 2.22. The van der Waals surface area contributed by atoms with Crippen LogP contribution >= 0.6 is 8.46 Å². The van der Waals surface area contributed by atoms with E-state index in [9.17, 15) is 4.57 Å². The van der Waals surface area contributed by atoms with Crippen LogP contribution in [0.15, 0.2) is 0 Å². The number of hydrogen-bond acceptors (Lipinski definition) is 1. The Bertz CT molecular complexity index is 170. The summed E-state index contributed by atoms with van der Waals surface area (Å²) in [6, 6.07) is 0. The molecular weight excluding hydrogens is 239 g/mol. The predicted octanol–water partition coefficient (Wildman–Crippen LogP) is 6.76. The van der Waals surface area contributed by atoms with E-state index >= 15 is 0 Å².